The fourth-order valence-electron chi connectivity index (χ4n) is 2.95. The van der Waals surface area contributed by atoms with E-state index in [1.165, 1.54) is 0 Å². The van der Waals surface area contributed by atoms with Crippen molar-refractivity contribution >= 4 is 21.6 Å². The highest BCUT2D eigenvalue weighted by atomic mass is 32.2. The second-order valence-electron chi connectivity index (χ2n) is 5.87. The first kappa shape index (κ1) is 15.5. The van der Waals surface area contributed by atoms with Crippen molar-refractivity contribution in [1.82, 2.24) is 10.0 Å². The van der Waals surface area contributed by atoms with E-state index in [9.17, 15) is 13.2 Å². The largest absolute Gasteiger partial charge is 0.326 e. The summed E-state index contributed by atoms with van der Waals surface area (Å²) in [6.45, 7) is 1.67. The maximum absolute atomic E-state index is 12.5. The first-order valence-electron chi connectivity index (χ1n) is 7.70. The number of carbonyl (C=O) groups is 1. The minimum atomic E-state index is -3.51. The van der Waals surface area contributed by atoms with E-state index in [0.717, 1.165) is 43.6 Å². The fraction of sp³-hybridized carbons (Fsp3) is 0.533. The maximum atomic E-state index is 12.5. The van der Waals surface area contributed by atoms with Gasteiger partial charge in [-0.15, -0.1) is 0 Å². The molecule has 1 amide bonds. The van der Waals surface area contributed by atoms with Crippen molar-refractivity contribution < 1.29 is 13.2 Å². The molecule has 0 unspecified atom stereocenters. The highest BCUT2D eigenvalue weighted by molar-refractivity contribution is 7.89. The first-order chi connectivity index (χ1) is 10.5. The van der Waals surface area contributed by atoms with Gasteiger partial charge >= 0.3 is 0 Å². The summed E-state index contributed by atoms with van der Waals surface area (Å²) in [6.07, 6.45) is 3.54. The molecule has 7 heteroatoms. The molecule has 22 heavy (non-hydrogen) atoms. The number of rotatable bonds is 3. The van der Waals surface area contributed by atoms with Crippen molar-refractivity contribution in [2.45, 2.75) is 43.0 Å². The van der Waals surface area contributed by atoms with E-state index in [2.05, 4.69) is 15.4 Å². The number of sulfonamides is 1. The Hall–Kier alpha value is -1.44. The van der Waals surface area contributed by atoms with Crippen LogP contribution in [0.1, 0.15) is 31.2 Å². The van der Waals surface area contributed by atoms with Gasteiger partial charge in [-0.25, -0.2) is 13.1 Å². The Morgan fingerprint density at radius 2 is 1.91 bits per heavy atom. The molecule has 0 aromatic heterocycles. The zero-order chi connectivity index (χ0) is 15.6. The smallest absolute Gasteiger partial charge is 0.240 e. The van der Waals surface area contributed by atoms with Crippen molar-refractivity contribution in [2.75, 3.05) is 18.4 Å². The molecule has 1 aromatic carbocycles. The third kappa shape index (κ3) is 3.48. The Bertz CT molecular complexity index is 667. The Balaban J connectivity index is 1.81. The molecule has 2 heterocycles. The van der Waals surface area contributed by atoms with Crippen LogP contribution >= 0.6 is 0 Å². The number of piperidine rings is 1. The van der Waals surface area contributed by atoms with Gasteiger partial charge in [0.15, 0.2) is 0 Å². The Kier molecular flexibility index (Phi) is 4.46. The van der Waals surface area contributed by atoms with Crippen molar-refractivity contribution in [3.8, 4) is 0 Å². The third-order valence-electron chi connectivity index (χ3n) is 4.17. The van der Waals surface area contributed by atoms with E-state index in [4.69, 9.17) is 0 Å². The van der Waals surface area contributed by atoms with Crippen LogP contribution in [0.15, 0.2) is 23.1 Å². The van der Waals surface area contributed by atoms with Crippen LogP contribution in [0.4, 0.5) is 5.69 Å². The number of hydrogen-bond donors (Lipinski definition) is 3. The van der Waals surface area contributed by atoms with Crippen LogP contribution in [-0.2, 0) is 21.2 Å². The Morgan fingerprint density at radius 1 is 1.14 bits per heavy atom. The lowest BCUT2D eigenvalue weighted by Gasteiger charge is -2.23. The van der Waals surface area contributed by atoms with Crippen LogP contribution in [0.5, 0.6) is 0 Å². The van der Waals surface area contributed by atoms with Gasteiger partial charge in [-0.3, -0.25) is 4.79 Å². The molecule has 3 rings (SSSR count). The lowest BCUT2D eigenvalue weighted by atomic mass is 10.1. The van der Waals surface area contributed by atoms with Crippen LogP contribution < -0.4 is 15.4 Å². The summed E-state index contributed by atoms with van der Waals surface area (Å²) in [4.78, 5) is 11.8. The SMILES string of the molecule is O=C1CCCc2cc(S(=O)(=O)NC3CCNCC3)ccc2N1. The second kappa shape index (κ2) is 6.36. The molecule has 6 nitrogen and oxygen atoms in total. The molecular formula is C15H21N3O3S. The number of carbonyl (C=O) groups excluding carboxylic acids is 1. The summed E-state index contributed by atoms with van der Waals surface area (Å²) >= 11 is 0. The molecule has 1 fully saturated rings. The van der Waals surface area contributed by atoms with Gasteiger partial charge in [0.05, 0.1) is 4.90 Å². The summed E-state index contributed by atoms with van der Waals surface area (Å²) in [5, 5.41) is 6.04. The minimum absolute atomic E-state index is 0.00948. The normalized spacial score (nSPS) is 20.1. The minimum Gasteiger partial charge on any atom is -0.326 e. The summed E-state index contributed by atoms with van der Waals surface area (Å²) < 4.78 is 27.8. The molecule has 0 radical (unpaired) electrons. The maximum Gasteiger partial charge on any atom is 0.240 e. The number of amides is 1. The summed E-state index contributed by atoms with van der Waals surface area (Å²) in [6, 6.07) is 4.93. The monoisotopic (exact) mass is 323 g/mol. The molecule has 0 spiro atoms. The van der Waals surface area contributed by atoms with E-state index in [0.29, 0.717) is 12.8 Å². The average Bonchev–Trinajstić information content (AvgIpc) is 2.67. The van der Waals surface area contributed by atoms with Gasteiger partial charge in [-0.05, 0) is 62.5 Å². The number of benzene rings is 1. The van der Waals surface area contributed by atoms with Gasteiger partial charge in [0.1, 0.15) is 0 Å². The van der Waals surface area contributed by atoms with Crippen LogP contribution in [-0.4, -0.2) is 33.5 Å². The molecule has 0 atom stereocenters. The van der Waals surface area contributed by atoms with Gasteiger partial charge in [-0.2, -0.15) is 0 Å². The number of nitrogens with one attached hydrogen (secondary N) is 3. The van der Waals surface area contributed by atoms with Crippen molar-refractivity contribution in [3.05, 3.63) is 23.8 Å². The predicted octanol–water partition coefficient (Wildman–Crippen LogP) is 0.992. The topological polar surface area (TPSA) is 87.3 Å². The molecule has 1 aromatic rings. The number of hydrogen-bond acceptors (Lipinski definition) is 4. The second-order valence-corrected chi connectivity index (χ2v) is 7.58. The summed E-state index contributed by atoms with van der Waals surface area (Å²) in [5.74, 6) is -0.0119. The standard InChI is InChI=1S/C15H21N3O3S/c19-15-3-1-2-11-10-13(4-5-14(11)17-15)22(20,21)18-12-6-8-16-9-7-12/h4-5,10,12,16,18H,1-3,6-9H2,(H,17,19). The lowest BCUT2D eigenvalue weighted by molar-refractivity contribution is -0.116. The van der Waals surface area contributed by atoms with Crippen molar-refractivity contribution in [1.29, 1.82) is 0 Å². The average molecular weight is 323 g/mol. The zero-order valence-corrected chi connectivity index (χ0v) is 13.2. The van der Waals surface area contributed by atoms with Gasteiger partial charge in [-0.1, -0.05) is 0 Å². The van der Waals surface area contributed by atoms with E-state index < -0.39 is 10.0 Å². The van der Waals surface area contributed by atoms with Crippen molar-refractivity contribution in [2.24, 2.45) is 0 Å². The van der Waals surface area contributed by atoms with Gasteiger partial charge in [0, 0.05) is 18.2 Å². The quantitative estimate of drug-likeness (QED) is 0.774. The molecule has 0 saturated carbocycles. The Labute approximate surface area is 130 Å². The van der Waals surface area contributed by atoms with E-state index >= 15 is 0 Å². The van der Waals surface area contributed by atoms with Gasteiger partial charge < -0.3 is 10.6 Å². The molecule has 120 valence electrons. The summed E-state index contributed by atoms with van der Waals surface area (Å²) in [5.41, 5.74) is 1.61. The predicted molar refractivity (Wildman–Crippen MR) is 84.2 cm³/mol. The molecule has 2 aliphatic rings. The molecular weight excluding hydrogens is 302 g/mol. The zero-order valence-electron chi connectivity index (χ0n) is 12.4. The number of anilines is 1. The van der Waals surface area contributed by atoms with Crippen LogP contribution in [0.25, 0.3) is 0 Å². The number of fused-ring (bicyclic) bond motifs is 1. The number of aryl methyl sites for hydroxylation is 1. The van der Waals surface area contributed by atoms with Crippen molar-refractivity contribution in [3.63, 3.8) is 0 Å². The van der Waals surface area contributed by atoms with E-state index in [1.807, 2.05) is 0 Å². The van der Waals surface area contributed by atoms with Crippen LogP contribution in [0.2, 0.25) is 0 Å². The van der Waals surface area contributed by atoms with E-state index in [-0.39, 0.29) is 16.8 Å². The molecule has 3 N–H and O–H groups in total. The first-order valence-corrected chi connectivity index (χ1v) is 9.19. The fourth-order valence-corrected chi connectivity index (χ4v) is 4.30. The highest BCUT2D eigenvalue weighted by Crippen LogP contribution is 2.25. The summed E-state index contributed by atoms with van der Waals surface area (Å²) in [7, 11) is -3.51. The van der Waals surface area contributed by atoms with Gasteiger partial charge in [0.25, 0.3) is 0 Å². The van der Waals surface area contributed by atoms with Crippen LogP contribution in [0.3, 0.4) is 0 Å². The van der Waals surface area contributed by atoms with Crippen LogP contribution in [0, 0.1) is 0 Å². The van der Waals surface area contributed by atoms with E-state index in [1.54, 1.807) is 18.2 Å². The third-order valence-corrected chi connectivity index (χ3v) is 5.69. The lowest BCUT2D eigenvalue weighted by Crippen LogP contribution is -2.42. The van der Waals surface area contributed by atoms with Gasteiger partial charge in [0.2, 0.25) is 15.9 Å². The molecule has 0 aliphatic carbocycles. The molecule has 1 saturated heterocycles. The highest BCUT2D eigenvalue weighted by Gasteiger charge is 2.23. The molecule has 0 bridgehead atoms. The Morgan fingerprint density at radius 3 is 2.68 bits per heavy atom. The molecule has 2 aliphatic heterocycles.